The third kappa shape index (κ3) is 2.90. The molecule has 0 aliphatic heterocycles. The van der Waals surface area contributed by atoms with Crippen molar-refractivity contribution in [2.24, 2.45) is 0 Å². The Bertz CT molecular complexity index is 925. The van der Waals surface area contributed by atoms with Crippen molar-refractivity contribution in [1.29, 1.82) is 0 Å². The summed E-state index contributed by atoms with van der Waals surface area (Å²) in [5.41, 5.74) is 4.86. The van der Waals surface area contributed by atoms with Gasteiger partial charge in [0.05, 0.1) is 6.20 Å². The molecule has 0 spiro atoms. The molecule has 1 heterocycles. The smallest absolute Gasteiger partial charge is 0.0717 e. The average Bonchev–Trinajstić information content (AvgIpc) is 3.05. The topological polar surface area (TPSA) is 15.8 Å². The molecule has 0 unspecified atom stereocenters. The summed E-state index contributed by atoms with van der Waals surface area (Å²) in [4.78, 5) is 4.54. The normalized spacial score (nSPS) is 11.0. The molecule has 0 saturated heterocycles. The lowest BCUT2D eigenvalue weighted by atomic mass is 10.1. The number of rotatable bonds is 4. The van der Waals surface area contributed by atoms with E-state index in [4.69, 9.17) is 0 Å². The summed E-state index contributed by atoms with van der Waals surface area (Å²) >= 11 is 1.87. The number of fused-ring (bicyclic) bond motifs is 1. The van der Waals surface area contributed by atoms with E-state index in [1.807, 2.05) is 17.8 Å². The second kappa shape index (κ2) is 6.35. The number of aromatic amines is 1. The highest BCUT2D eigenvalue weighted by Crippen LogP contribution is 2.36. The zero-order valence-electron chi connectivity index (χ0n) is 12.6. The van der Waals surface area contributed by atoms with Gasteiger partial charge in [-0.3, -0.25) is 0 Å². The third-order valence-electron chi connectivity index (χ3n) is 3.91. The fourth-order valence-electron chi connectivity index (χ4n) is 2.75. The zero-order chi connectivity index (χ0) is 15.5. The van der Waals surface area contributed by atoms with Gasteiger partial charge in [-0.2, -0.15) is 0 Å². The van der Waals surface area contributed by atoms with E-state index in [2.05, 4.69) is 84.0 Å². The number of para-hydroxylation sites is 1. The largest absolute Gasteiger partial charge is 0.353 e. The van der Waals surface area contributed by atoms with Crippen LogP contribution < -0.4 is 0 Å². The number of thioether (sulfide) groups is 1. The van der Waals surface area contributed by atoms with Crippen LogP contribution in [-0.2, 0) is 5.75 Å². The monoisotopic (exact) mass is 314 g/mol. The maximum absolute atomic E-state index is 3.33. The van der Waals surface area contributed by atoms with Gasteiger partial charge in [0, 0.05) is 27.1 Å². The van der Waals surface area contributed by atoms with E-state index in [9.17, 15) is 0 Å². The summed E-state index contributed by atoms with van der Waals surface area (Å²) in [6, 6.07) is 27.5. The first-order chi connectivity index (χ1) is 11.4. The van der Waals surface area contributed by atoms with Crippen LogP contribution in [0.3, 0.4) is 0 Å². The predicted molar refractivity (Wildman–Crippen MR) is 98.6 cm³/mol. The Labute approximate surface area is 140 Å². The van der Waals surface area contributed by atoms with E-state index in [1.165, 1.54) is 21.4 Å². The molecule has 0 atom stereocenters. The van der Waals surface area contributed by atoms with Gasteiger partial charge in [-0.15, -0.1) is 11.8 Å². The van der Waals surface area contributed by atoms with Gasteiger partial charge in [-0.25, -0.2) is 0 Å². The molecule has 0 aliphatic carbocycles. The first-order valence-electron chi connectivity index (χ1n) is 7.66. The molecule has 0 bridgehead atoms. The summed E-state index contributed by atoms with van der Waals surface area (Å²) in [5.74, 6) is 0.972. The van der Waals surface area contributed by atoms with Gasteiger partial charge in [0.1, 0.15) is 0 Å². The summed E-state index contributed by atoms with van der Waals surface area (Å²) in [6.07, 6.45) is 3.33. The third-order valence-corrected chi connectivity index (χ3v) is 5.06. The van der Waals surface area contributed by atoms with Crippen LogP contribution in [0, 0.1) is 6.20 Å². The number of aromatic nitrogens is 1. The molecular weight excluding hydrogens is 298 g/mol. The molecule has 1 radical (unpaired) electrons. The van der Waals surface area contributed by atoms with Crippen molar-refractivity contribution in [3.05, 3.63) is 90.6 Å². The first kappa shape index (κ1) is 14.2. The van der Waals surface area contributed by atoms with Crippen LogP contribution in [0.2, 0.25) is 0 Å². The SMILES string of the molecule is [c]1[nH]c2ccccc2c1-c1ccccc1SCc1ccccc1. The molecule has 23 heavy (non-hydrogen) atoms. The second-order valence-corrected chi connectivity index (χ2v) is 6.46. The van der Waals surface area contributed by atoms with Gasteiger partial charge in [0.25, 0.3) is 0 Å². The molecular formula is C21H16NS. The molecule has 0 fully saturated rings. The van der Waals surface area contributed by atoms with E-state index in [0.717, 1.165) is 16.8 Å². The number of benzene rings is 3. The Hall–Kier alpha value is -2.45. The first-order valence-corrected chi connectivity index (χ1v) is 8.65. The van der Waals surface area contributed by atoms with E-state index in [0.29, 0.717) is 0 Å². The summed E-state index contributed by atoms with van der Waals surface area (Å²) in [7, 11) is 0. The van der Waals surface area contributed by atoms with Crippen LogP contribution in [-0.4, -0.2) is 4.98 Å². The van der Waals surface area contributed by atoms with E-state index < -0.39 is 0 Å². The van der Waals surface area contributed by atoms with Crippen molar-refractivity contribution in [1.82, 2.24) is 4.98 Å². The van der Waals surface area contributed by atoms with E-state index in [1.54, 1.807) is 0 Å². The molecule has 1 aromatic heterocycles. The van der Waals surface area contributed by atoms with Crippen molar-refractivity contribution in [3.8, 4) is 11.1 Å². The highest BCUT2D eigenvalue weighted by Gasteiger charge is 2.10. The molecule has 3 aromatic carbocycles. The predicted octanol–water partition coefficient (Wildman–Crippen LogP) is 5.93. The van der Waals surface area contributed by atoms with Crippen LogP contribution in [0.5, 0.6) is 0 Å². The molecule has 2 heteroatoms. The standard InChI is InChI=1S/C21H16NS/c1-2-8-16(9-3-1)15-23-21-13-7-5-11-18(21)19-14-22-20-12-6-4-10-17(19)20/h1-13,22H,15H2. The maximum Gasteiger partial charge on any atom is 0.0717 e. The average molecular weight is 314 g/mol. The minimum atomic E-state index is 0.972. The van der Waals surface area contributed by atoms with Crippen molar-refractivity contribution in [2.75, 3.05) is 0 Å². The minimum Gasteiger partial charge on any atom is -0.353 e. The Morgan fingerprint density at radius 1 is 0.783 bits per heavy atom. The van der Waals surface area contributed by atoms with Gasteiger partial charge in [0.15, 0.2) is 0 Å². The van der Waals surface area contributed by atoms with Crippen LogP contribution in [0.25, 0.3) is 22.0 Å². The Balaban J connectivity index is 1.70. The molecule has 4 aromatic rings. The number of H-pyrrole nitrogens is 1. The van der Waals surface area contributed by atoms with Crippen LogP contribution in [0.1, 0.15) is 5.56 Å². The molecule has 0 aliphatic rings. The van der Waals surface area contributed by atoms with Crippen LogP contribution in [0.4, 0.5) is 0 Å². The maximum atomic E-state index is 3.33. The second-order valence-electron chi connectivity index (χ2n) is 5.44. The van der Waals surface area contributed by atoms with Crippen LogP contribution in [0.15, 0.2) is 83.8 Å². The molecule has 1 N–H and O–H groups in total. The van der Waals surface area contributed by atoms with Gasteiger partial charge in [-0.05, 0) is 23.3 Å². The fraction of sp³-hybridized carbons (Fsp3) is 0.0476. The number of hydrogen-bond acceptors (Lipinski definition) is 1. The van der Waals surface area contributed by atoms with Crippen molar-refractivity contribution in [2.45, 2.75) is 10.6 Å². The van der Waals surface area contributed by atoms with Crippen molar-refractivity contribution >= 4 is 22.7 Å². The number of hydrogen-bond donors (Lipinski definition) is 1. The molecule has 1 nitrogen and oxygen atoms in total. The van der Waals surface area contributed by atoms with Gasteiger partial charge in [0.2, 0.25) is 0 Å². The van der Waals surface area contributed by atoms with Gasteiger partial charge in [-0.1, -0.05) is 66.7 Å². The van der Waals surface area contributed by atoms with E-state index in [-0.39, 0.29) is 0 Å². The lowest BCUT2D eigenvalue weighted by molar-refractivity contribution is 1.38. The summed E-state index contributed by atoms with van der Waals surface area (Å²) in [5, 5.41) is 1.22. The van der Waals surface area contributed by atoms with E-state index >= 15 is 0 Å². The Morgan fingerprint density at radius 2 is 1.52 bits per heavy atom. The summed E-state index contributed by atoms with van der Waals surface area (Å²) in [6.45, 7) is 0. The molecule has 0 saturated carbocycles. The Kier molecular flexibility index (Phi) is 3.91. The van der Waals surface area contributed by atoms with Crippen molar-refractivity contribution < 1.29 is 0 Å². The Morgan fingerprint density at radius 3 is 2.43 bits per heavy atom. The molecule has 4 rings (SSSR count). The molecule has 0 amide bonds. The highest BCUT2D eigenvalue weighted by molar-refractivity contribution is 7.98. The zero-order valence-corrected chi connectivity index (χ0v) is 13.4. The van der Waals surface area contributed by atoms with Crippen LogP contribution >= 0.6 is 11.8 Å². The van der Waals surface area contributed by atoms with Gasteiger partial charge < -0.3 is 4.98 Å². The number of nitrogens with one attached hydrogen (secondary N) is 1. The highest BCUT2D eigenvalue weighted by atomic mass is 32.2. The van der Waals surface area contributed by atoms with Crippen molar-refractivity contribution in [3.63, 3.8) is 0 Å². The quantitative estimate of drug-likeness (QED) is 0.462. The summed E-state index contributed by atoms with van der Waals surface area (Å²) < 4.78 is 0. The fourth-order valence-corrected chi connectivity index (χ4v) is 3.77. The molecule has 111 valence electrons. The van der Waals surface area contributed by atoms with Gasteiger partial charge >= 0.3 is 0 Å². The lowest BCUT2D eigenvalue weighted by Crippen LogP contribution is -1.84. The minimum absolute atomic E-state index is 0.972. The lowest BCUT2D eigenvalue weighted by Gasteiger charge is -2.08.